The lowest BCUT2D eigenvalue weighted by Gasteiger charge is -2.35. The SMILES string of the molecule is COc1cccc(CC2(F)CC3CCC(C2)N3)c1. The molecule has 1 aromatic rings. The molecule has 98 valence electrons. The standard InChI is InChI=1S/C15H20FNO/c1-18-14-4-2-3-11(7-14)8-15(16)9-12-5-6-13(10-15)17-12/h2-4,7,12-13,17H,5-6,8-10H2,1H3. The molecule has 2 unspecified atom stereocenters. The molecular weight excluding hydrogens is 229 g/mol. The van der Waals surface area contributed by atoms with Gasteiger partial charge in [0.1, 0.15) is 11.4 Å². The molecule has 0 aromatic heterocycles. The predicted molar refractivity (Wildman–Crippen MR) is 69.7 cm³/mol. The van der Waals surface area contributed by atoms with E-state index in [-0.39, 0.29) is 0 Å². The quantitative estimate of drug-likeness (QED) is 0.889. The first-order chi connectivity index (χ1) is 8.67. The molecule has 0 saturated carbocycles. The number of alkyl halides is 1. The van der Waals surface area contributed by atoms with Crippen molar-refractivity contribution in [3.63, 3.8) is 0 Å². The minimum atomic E-state index is -1.04. The van der Waals surface area contributed by atoms with Crippen LogP contribution in [0.5, 0.6) is 5.75 Å². The van der Waals surface area contributed by atoms with Gasteiger partial charge < -0.3 is 10.1 Å². The van der Waals surface area contributed by atoms with Crippen molar-refractivity contribution < 1.29 is 9.13 Å². The second kappa shape index (κ2) is 4.54. The van der Waals surface area contributed by atoms with E-state index in [0.717, 1.165) is 24.2 Å². The van der Waals surface area contributed by atoms with E-state index in [1.165, 1.54) is 0 Å². The predicted octanol–water partition coefficient (Wildman–Crippen LogP) is 2.86. The zero-order valence-corrected chi connectivity index (χ0v) is 10.8. The number of nitrogens with one attached hydrogen (secondary N) is 1. The minimum absolute atomic E-state index is 0.388. The third kappa shape index (κ3) is 2.37. The van der Waals surface area contributed by atoms with Crippen LogP contribution < -0.4 is 10.1 Å². The molecule has 1 aromatic carbocycles. The minimum Gasteiger partial charge on any atom is -0.497 e. The summed E-state index contributed by atoms with van der Waals surface area (Å²) in [5.41, 5.74) is 0.00171. The normalized spacial score (nSPS) is 34.6. The van der Waals surface area contributed by atoms with Crippen molar-refractivity contribution in [2.24, 2.45) is 0 Å². The van der Waals surface area contributed by atoms with E-state index in [4.69, 9.17) is 4.74 Å². The molecule has 2 aliphatic heterocycles. The Hall–Kier alpha value is -1.09. The van der Waals surface area contributed by atoms with Crippen LogP contribution in [0.25, 0.3) is 0 Å². The van der Waals surface area contributed by atoms with Gasteiger partial charge in [-0.1, -0.05) is 12.1 Å². The summed E-state index contributed by atoms with van der Waals surface area (Å²) in [5.74, 6) is 0.813. The average Bonchev–Trinajstić information content (AvgIpc) is 2.69. The summed E-state index contributed by atoms with van der Waals surface area (Å²) < 4.78 is 20.2. The van der Waals surface area contributed by atoms with E-state index in [0.29, 0.717) is 31.3 Å². The Balaban J connectivity index is 1.74. The fraction of sp³-hybridized carbons (Fsp3) is 0.600. The maximum absolute atomic E-state index is 15.0. The number of hydrogen-bond donors (Lipinski definition) is 1. The van der Waals surface area contributed by atoms with Gasteiger partial charge in [-0.05, 0) is 43.4 Å². The zero-order valence-electron chi connectivity index (χ0n) is 10.8. The topological polar surface area (TPSA) is 21.3 Å². The van der Waals surface area contributed by atoms with E-state index >= 15 is 0 Å². The van der Waals surface area contributed by atoms with E-state index in [2.05, 4.69) is 5.32 Å². The first-order valence-corrected chi connectivity index (χ1v) is 6.75. The summed E-state index contributed by atoms with van der Waals surface area (Å²) >= 11 is 0. The molecule has 1 N–H and O–H groups in total. The highest BCUT2D eigenvalue weighted by atomic mass is 19.1. The van der Waals surface area contributed by atoms with Crippen molar-refractivity contribution in [3.05, 3.63) is 29.8 Å². The fourth-order valence-electron chi connectivity index (χ4n) is 3.48. The average molecular weight is 249 g/mol. The van der Waals surface area contributed by atoms with Gasteiger partial charge >= 0.3 is 0 Å². The van der Waals surface area contributed by atoms with E-state index < -0.39 is 5.67 Å². The second-order valence-electron chi connectivity index (χ2n) is 5.73. The molecule has 0 amide bonds. The third-order valence-corrected chi connectivity index (χ3v) is 4.21. The Morgan fingerprint density at radius 3 is 2.72 bits per heavy atom. The van der Waals surface area contributed by atoms with Crippen molar-refractivity contribution in [2.45, 2.75) is 49.9 Å². The number of piperidine rings is 1. The Morgan fingerprint density at radius 2 is 2.06 bits per heavy atom. The molecule has 0 aliphatic carbocycles. The highest BCUT2D eigenvalue weighted by Crippen LogP contribution is 2.39. The first kappa shape index (κ1) is 12.0. The molecule has 0 radical (unpaired) electrons. The van der Waals surface area contributed by atoms with Gasteiger partial charge in [0.05, 0.1) is 7.11 Å². The Labute approximate surface area is 108 Å². The van der Waals surface area contributed by atoms with E-state index in [9.17, 15) is 4.39 Å². The number of fused-ring (bicyclic) bond motifs is 2. The van der Waals surface area contributed by atoms with Crippen LogP contribution in [-0.4, -0.2) is 24.9 Å². The van der Waals surface area contributed by atoms with Crippen LogP contribution in [0.4, 0.5) is 4.39 Å². The smallest absolute Gasteiger partial charge is 0.119 e. The first-order valence-electron chi connectivity index (χ1n) is 6.75. The molecule has 2 saturated heterocycles. The molecule has 0 spiro atoms. The number of hydrogen-bond acceptors (Lipinski definition) is 2. The fourth-order valence-corrected chi connectivity index (χ4v) is 3.48. The van der Waals surface area contributed by atoms with Crippen LogP contribution in [-0.2, 0) is 6.42 Å². The Bertz CT molecular complexity index is 422. The lowest BCUT2D eigenvalue weighted by atomic mass is 9.84. The van der Waals surface area contributed by atoms with Gasteiger partial charge in [0.25, 0.3) is 0 Å². The van der Waals surface area contributed by atoms with Gasteiger partial charge in [-0.15, -0.1) is 0 Å². The number of ether oxygens (including phenoxy) is 1. The van der Waals surface area contributed by atoms with Crippen LogP contribution in [0.2, 0.25) is 0 Å². The van der Waals surface area contributed by atoms with Gasteiger partial charge in [-0.25, -0.2) is 4.39 Å². The van der Waals surface area contributed by atoms with Gasteiger partial charge in [0.15, 0.2) is 0 Å². The van der Waals surface area contributed by atoms with Crippen LogP contribution in [0.3, 0.4) is 0 Å². The summed E-state index contributed by atoms with van der Waals surface area (Å²) in [6.45, 7) is 0. The van der Waals surface area contributed by atoms with Crippen molar-refractivity contribution >= 4 is 0 Å². The maximum Gasteiger partial charge on any atom is 0.119 e. The molecule has 3 rings (SSSR count). The lowest BCUT2D eigenvalue weighted by molar-refractivity contribution is 0.0893. The Morgan fingerprint density at radius 1 is 1.33 bits per heavy atom. The third-order valence-electron chi connectivity index (χ3n) is 4.21. The molecule has 2 atom stereocenters. The van der Waals surface area contributed by atoms with Crippen LogP contribution in [0.1, 0.15) is 31.2 Å². The number of methoxy groups -OCH3 is 1. The van der Waals surface area contributed by atoms with Crippen molar-refractivity contribution in [3.8, 4) is 5.75 Å². The van der Waals surface area contributed by atoms with Gasteiger partial charge in [-0.3, -0.25) is 0 Å². The van der Waals surface area contributed by atoms with Crippen molar-refractivity contribution in [1.29, 1.82) is 0 Å². The largest absolute Gasteiger partial charge is 0.497 e. The number of rotatable bonds is 3. The summed E-state index contributed by atoms with van der Waals surface area (Å²) in [6, 6.07) is 8.56. The summed E-state index contributed by atoms with van der Waals surface area (Å²) in [4.78, 5) is 0. The molecule has 2 bridgehead atoms. The van der Waals surface area contributed by atoms with Gasteiger partial charge in [0.2, 0.25) is 0 Å². The van der Waals surface area contributed by atoms with Gasteiger partial charge in [0, 0.05) is 18.5 Å². The highest BCUT2D eigenvalue weighted by molar-refractivity contribution is 5.29. The molecule has 2 aliphatic rings. The highest BCUT2D eigenvalue weighted by Gasteiger charge is 2.43. The van der Waals surface area contributed by atoms with Gasteiger partial charge in [-0.2, -0.15) is 0 Å². The van der Waals surface area contributed by atoms with Crippen molar-refractivity contribution in [2.75, 3.05) is 7.11 Å². The summed E-state index contributed by atoms with van der Waals surface area (Å²) in [6.07, 6.45) is 4.09. The molecule has 2 nitrogen and oxygen atoms in total. The van der Waals surface area contributed by atoms with Crippen LogP contribution in [0.15, 0.2) is 24.3 Å². The molecule has 18 heavy (non-hydrogen) atoms. The molecule has 2 fully saturated rings. The van der Waals surface area contributed by atoms with E-state index in [1.807, 2.05) is 24.3 Å². The Kier molecular flexibility index (Phi) is 3.02. The maximum atomic E-state index is 15.0. The van der Waals surface area contributed by atoms with Crippen LogP contribution in [0, 0.1) is 0 Å². The van der Waals surface area contributed by atoms with E-state index in [1.54, 1.807) is 7.11 Å². The molecule has 3 heteroatoms. The van der Waals surface area contributed by atoms with Crippen LogP contribution >= 0.6 is 0 Å². The summed E-state index contributed by atoms with van der Waals surface area (Å²) in [7, 11) is 1.65. The zero-order chi connectivity index (χ0) is 12.6. The number of halogens is 1. The second-order valence-corrected chi connectivity index (χ2v) is 5.73. The monoisotopic (exact) mass is 249 g/mol. The lowest BCUT2D eigenvalue weighted by Crippen LogP contribution is -2.47. The molecular formula is C15H20FNO. The molecule has 2 heterocycles. The number of benzene rings is 1. The summed E-state index contributed by atoms with van der Waals surface area (Å²) in [5, 5.41) is 3.49. The van der Waals surface area contributed by atoms with Crippen molar-refractivity contribution in [1.82, 2.24) is 5.32 Å².